The molecule has 1 aliphatic heterocycles. The van der Waals surface area contributed by atoms with Gasteiger partial charge >= 0.3 is 0 Å². The molecule has 0 aliphatic carbocycles. The zero-order chi connectivity index (χ0) is 17.4. The normalized spacial score (nSPS) is 13.6. The summed E-state index contributed by atoms with van der Waals surface area (Å²) in [5.74, 6) is -0.615. The van der Waals surface area contributed by atoms with Crippen molar-refractivity contribution >= 4 is 17.5 Å². The van der Waals surface area contributed by atoms with Crippen LogP contribution in [0.3, 0.4) is 0 Å². The number of nitrogens with one attached hydrogen (secondary N) is 1. The quantitative estimate of drug-likeness (QED) is 0.755. The fourth-order valence-electron chi connectivity index (χ4n) is 3.48. The summed E-state index contributed by atoms with van der Waals surface area (Å²) in [6.07, 6.45) is 6.33. The van der Waals surface area contributed by atoms with E-state index >= 15 is 0 Å². The number of carbonyl (C=O) groups is 2. The molecule has 3 N–H and O–H groups in total. The monoisotopic (exact) mass is 337 g/mol. The van der Waals surface area contributed by atoms with Crippen LogP contribution in [-0.2, 0) is 19.5 Å². The van der Waals surface area contributed by atoms with Gasteiger partial charge in [-0.3, -0.25) is 14.0 Å². The second kappa shape index (κ2) is 6.08. The average Bonchev–Trinajstić information content (AvgIpc) is 3.21. The van der Waals surface area contributed by atoms with E-state index in [4.69, 9.17) is 5.73 Å². The molecule has 0 radical (unpaired) electrons. The number of primary amides is 1. The zero-order valence-electron chi connectivity index (χ0n) is 13.7. The summed E-state index contributed by atoms with van der Waals surface area (Å²) in [5, 5.41) is 2.92. The number of nitrogens with zero attached hydrogens (tertiary/aromatic N) is 3. The van der Waals surface area contributed by atoms with Gasteiger partial charge in [0.2, 0.25) is 0 Å². The Bertz CT molecular complexity index is 969. The third kappa shape index (κ3) is 2.67. The number of carbonyl (C=O) groups excluding carboxylic acids is 2. The predicted octanol–water partition coefficient (Wildman–Crippen LogP) is 1.50. The number of imidazole rings is 1. The Labute approximate surface area is 144 Å². The minimum atomic E-state index is -0.412. The van der Waals surface area contributed by atoms with Crippen LogP contribution in [0.5, 0.6) is 0 Å². The number of pyridine rings is 1. The molecule has 0 bridgehead atoms. The Hall–Kier alpha value is -3.09. The maximum atomic E-state index is 12.5. The number of nitrogens with two attached hydrogens (primary N) is 1. The lowest BCUT2D eigenvalue weighted by Gasteiger charge is -2.18. The fraction of sp³-hybridized carbons (Fsp3) is 0.278. The lowest BCUT2D eigenvalue weighted by Crippen LogP contribution is -2.26. The van der Waals surface area contributed by atoms with Gasteiger partial charge in [-0.05, 0) is 37.5 Å². The van der Waals surface area contributed by atoms with E-state index in [9.17, 15) is 9.59 Å². The second-order valence-electron chi connectivity index (χ2n) is 6.22. The van der Waals surface area contributed by atoms with Crippen molar-refractivity contribution in [2.45, 2.75) is 32.4 Å². The lowest BCUT2D eigenvalue weighted by atomic mass is 10.1. The van der Waals surface area contributed by atoms with Gasteiger partial charge in [0.25, 0.3) is 11.8 Å². The van der Waals surface area contributed by atoms with Gasteiger partial charge in [-0.15, -0.1) is 0 Å². The molecule has 0 atom stereocenters. The van der Waals surface area contributed by atoms with Gasteiger partial charge in [0.1, 0.15) is 11.3 Å². The van der Waals surface area contributed by atoms with Crippen molar-refractivity contribution in [1.82, 2.24) is 19.3 Å². The molecule has 4 rings (SSSR count). The van der Waals surface area contributed by atoms with Gasteiger partial charge in [-0.2, -0.15) is 0 Å². The molecule has 0 saturated heterocycles. The molecule has 7 nitrogen and oxygen atoms in total. The first kappa shape index (κ1) is 15.4. The minimum absolute atomic E-state index is 0.203. The van der Waals surface area contributed by atoms with Gasteiger partial charge in [-0.25, -0.2) is 4.98 Å². The number of fused-ring (bicyclic) bond motifs is 2. The topological polar surface area (TPSA) is 94.4 Å². The molecule has 2 amide bonds. The van der Waals surface area contributed by atoms with Gasteiger partial charge in [0.15, 0.2) is 0 Å². The van der Waals surface area contributed by atoms with E-state index < -0.39 is 5.91 Å². The highest BCUT2D eigenvalue weighted by molar-refractivity contribution is 5.95. The Morgan fingerprint density at radius 2 is 2.16 bits per heavy atom. The van der Waals surface area contributed by atoms with Crippen LogP contribution in [0, 0.1) is 0 Å². The maximum absolute atomic E-state index is 12.5. The third-order valence-corrected chi connectivity index (χ3v) is 4.68. The second-order valence-corrected chi connectivity index (χ2v) is 6.22. The highest BCUT2D eigenvalue weighted by Crippen LogP contribution is 2.23. The van der Waals surface area contributed by atoms with Gasteiger partial charge in [0.05, 0.1) is 18.3 Å². The Kier molecular flexibility index (Phi) is 3.76. The van der Waals surface area contributed by atoms with Crippen LogP contribution in [0.15, 0.2) is 36.7 Å². The highest BCUT2D eigenvalue weighted by Gasteiger charge is 2.21. The van der Waals surface area contributed by atoms with Crippen molar-refractivity contribution in [1.29, 1.82) is 0 Å². The van der Waals surface area contributed by atoms with Crippen molar-refractivity contribution in [3.05, 3.63) is 59.3 Å². The van der Waals surface area contributed by atoms with Crippen molar-refractivity contribution in [2.24, 2.45) is 5.73 Å². The van der Waals surface area contributed by atoms with E-state index in [-0.39, 0.29) is 5.91 Å². The van der Waals surface area contributed by atoms with Crippen LogP contribution in [-0.4, -0.2) is 25.8 Å². The molecule has 1 aliphatic rings. The molecule has 0 saturated carbocycles. The number of hydrogen-bond acceptors (Lipinski definition) is 3. The molecular formula is C18H19N5O2. The van der Waals surface area contributed by atoms with Crippen LogP contribution < -0.4 is 11.1 Å². The summed E-state index contributed by atoms with van der Waals surface area (Å²) in [5.41, 5.74) is 9.16. The number of aromatic nitrogens is 3. The van der Waals surface area contributed by atoms with Crippen LogP contribution in [0.1, 0.15) is 45.1 Å². The van der Waals surface area contributed by atoms with Gasteiger partial charge in [-0.1, -0.05) is 6.07 Å². The molecular weight excluding hydrogens is 318 g/mol. The molecule has 0 aromatic carbocycles. The zero-order valence-corrected chi connectivity index (χ0v) is 13.7. The third-order valence-electron chi connectivity index (χ3n) is 4.68. The highest BCUT2D eigenvalue weighted by atomic mass is 16.2. The van der Waals surface area contributed by atoms with Crippen molar-refractivity contribution < 1.29 is 9.59 Å². The first-order chi connectivity index (χ1) is 12.1. The Morgan fingerprint density at radius 1 is 1.28 bits per heavy atom. The first-order valence-electron chi connectivity index (χ1n) is 8.36. The molecule has 3 aromatic rings. The molecule has 0 fully saturated rings. The summed E-state index contributed by atoms with van der Waals surface area (Å²) >= 11 is 0. The number of rotatable bonds is 4. The Morgan fingerprint density at radius 3 is 3.00 bits per heavy atom. The van der Waals surface area contributed by atoms with Crippen LogP contribution in [0.4, 0.5) is 0 Å². The summed E-state index contributed by atoms with van der Waals surface area (Å²) in [7, 11) is 0. The van der Waals surface area contributed by atoms with Crippen molar-refractivity contribution in [2.75, 3.05) is 0 Å². The summed E-state index contributed by atoms with van der Waals surface area (Å²) in [6, 6.07) is 7.38. The maximum Gasteiger partial charge on any atom is 0.270 e. The Balaban J connectivity index is 1.57. The summed E-state index contributed by atoms with van der Waals surface area (Å²) in [4.78, 5) is 28.4. The SMILES string of the molecule is NC(=O)c1cc(CNC(=O)c2cnc3ccccn23)n2c1CCCC2. The van der Waals surface area contributed by atoms with Gasteiger partial charge < -0.3 is 15.6 Å². The smallest absolute Gasteiger partial charge is 0.270 e. The van der Waals surface area contributed by atoms with Gasteiger partial charge in [0, 0.05) is 24.1 Å². The van der Waals surface area contributed by atoms with E-state index in [2.05, 4.69) is 14.9 Å². The lowest BCUT2D eigenvalue weighted by molar-refractivity contribution is 0.0943. The molecule has 7 heteroatoms. The van der Waals surface area contributed by atoms with Crippen molar-refractivity contribution in [3.63, 3.8) is 0 Å². The van der Waals surface area contributed by atoms with Crippen LogP contribution in [0.2, 0.25) is 0 Å². The molecule has 4 heterocycles. The van der Waals surface area contributed by atoms with Crippen LogP contribution in [0.25, 0.3) is 5.65 Å². The molecule has 0 unspecified atom stereocenters. The van der Waals surface area contributed by atoms with E-state index in [1.165, 1.54) is 0 Å². The molecule has 0 spiro atoms. The largest absolute Gasteiger partial charge is 0.366 e. The molecule has 3 aromatic heterocycles. The van der Waals surface area contributed by atoms with Crippen LogP contribution >= 0.6 is 0 Å². The van der Waals surface area contributed by atoms with Crippen molar-refractivity contribution in [3.8, 4) is 0 Å². The van der Waals surface area contributed by atoms with E-state index in [1.54, 1.807) is 16.7 Å². The van der Waals surface area contributed by atoms with E-state index in [1.807, 2.05) is 24.4 Å². The molecule has 128 valence electrons. The summed E-state index contributed by atoms with van der Waals surface area (Å²) in [6.45, 7) is 1.20. The van der Waals surface area contributed by atoms with E-state index in [0.717, 1.165) is 42.8 Å². The predicted molar refractivity (Wildman–Crippen MR) is 92.3 cm³/mol. The fourth-order valence-corrected chi connectivity index (χ4v) is 3.48. The standard InChI is InChI=1S/C18H19N5O2/c19-17(24)13-9-12(22-7-3-1-5-14(13)22)10-21-18(25)15-11-20-16-6-2-4-8-23(15)16/h2,4,6,8-9,11H,1,3,5,7,10H2,(H2,19,24)(H,21,25). The number of hydrogen-bond donors (Lipinski definition) is 2. The van der Waals surface area contributed by atoms with E-state index in [0.29, 0.717) is 17.8 Å². The first-order valence-corrected chi connectivity index (χ1v) is 8.36. The number of amides is 2. The summed E-state index contributed by atoms with van der Waals surface area (Å²) < 4.78 is 3.86. The minimum Gasteiger partial charge on any atom is -0.366 e. The average molecular weight is 337 g/mol. The molecule has 25 heavy (non-hydrogen) atoms.